The molecule has 1 rings (SSSR count). The largest absolute Gasteiger partial charge is 0.508 e. The van der Waals surface area contributed by atoms with Crippen molar-refractivity contribution in [3.63, 3.8) is 0 Å². The molecule has 0 radical (unpaired) electrons. The fourth-order valence-corrected chi connectivity index (χ4v) is 1.18. The third-order valence-electron chi connectivity index (χ3n) is 1.47. The number of aliphatic hydroxyl groups is 1. The van der Waals surface area contributed by atoms with Crippen molar-refractivity contribution in [2.75, 3.05) is 0 Å². The first-order valence-corrected chi connectivity index (χ1v) is 4.37. The maximum absolute atomic E-state index is 9.24. The number of alkyl halides is 1. The van der Waals surface area contributed by atoms with Gasteiger partial charge < -0.3 is 10.2 Å². The summed E-state index contributed by atoms with van der Waals surface area (Å²) in [7, 11) is 0. The molecule has 11 heavy (non-hydrogen) atoms. The fraction of sp³-hybridized carbons (Fsp3) is 0.250. The Labute approximate surface area is 73.6 Å². The van der Waals surface area contributed by atoms with E-state index in [0.717, 1.165) is 5.56 Å². The Hall–Kier alpha value is -0.540. The van der Waals surface area contributed by atoms with Crippen LogP contribution in [0.25, 0.3) is 0 Å². The zero-order valence-corrected chi connectivity index (χ0v) is 7.50. The average Bonchev–Trinajstić information content (AvgIpc) is 2.04. The maximum atomic E-state index is 9.24. The van der Waals surface area contributed by atoms with Crippen molar-refractivity contribution < 1.29 is 10.2 Å². The van der Waals surface area contributed by atoms with Gasteiger partial charge in [0.05, 0.1) is 6.61 Å². The van der Waals surface area contributed by atoms with Gasteiger partial charge >= 0.3 is 0 Å². The molecular formula is C8H9BrO2. The van der Waals surface area contributed by atoms with Crippen molar-refractivity contribution in [2.45, 2.75) is 11.9 Å². The number of benzene rings is 1. The zero-order chi connectivity index (χ0) is 8.27. The predicted octanol–water partition coefficient (Wildman–Crippen LogP) is 1.78. The molecule has 0 aliphatic heterocycles. The molecule has 0 heterocycles. The molecule has 3 heteroatoms. The summed E-state index contributed by atoms with van der Waals surface area (Å²) in [4.78, 5) is 0. The summed E-state index contributed by atoms with van der Waals surface area (Å²) in [5.74, 6) is 0.157. The molecule has 0 aromatic heterocycles. The Morgan fingerprint density at radius 2 is 2.09 bits per heavy atom. The molecule has 0 spiro atoms. The van der Waals surface area contributed by atoms with Crippen LogP contribution in [0.15, 0.2) is 18.2 Å². The number of phenols is 1. The fourth-order valence-electron chi connectivity index (χ4n) is 0.826. The van der Waals surface area contributed by atoms with Crippen molar-refractivity contribution in [3.8, 4) is 5.75 Å². The van der Waals surface area contributed by atoms with Crippen molar-refractivity contribution in [3.05, 3.63) is 29.3 Å². The van der Waals surface area contributed by atoms with E-state index in [1.807, 2.05) is 6.07 Å². The van der Waals surface area contributed by atoms with Crippen LogP contribution in [0.1, 0.15) is 11.1 Å². The highest BCUT2D eigenvalue weighted by atomic mass is 79.9. The highest BCUT2D eigenvalue weighted by Crippen LogP contribution is 2.19. The van der Waals surface area contributed by atoms with Crippen LogP contribution in [-0.2, 0) is 11.9 Å². The van der Waals surface area contributed by atoms with Crippen molar-refractivity contribution in [1.29, 1.82) is 0 Å². The van der Waals surface area contributed by atoms with Crippen molar-refractivity contribution in [1.82, 2.24) is 0 Å². The molecule has 0 unspecified atom stereocenters. The zero-order valence-electron chi connectivity index (χ0n) is 5.92. The molecule has 2 nitrogen and oxygen atoms in total. The highest BCUT2D eigenvalue weighted by molar-refractivity contribution is 9.08. The van der Waals surface area contributed by atoms with Crippen LogP contribution in [0, 0.1) is 0 Å². The summed E-state index contributed by atoms with van der Waals surface area (Å²) in [6.07, 6.45) is 0. The second kappa shape index (κ2) is 3.74. The van der Waals surface area contributed by atoms with E-state index in [2.05, 4.69) is 15.9 Å². The molecule has 0 aliphatic rings. The number of hydrogen-bond acceptors (Lipinski definition) is 2. The van der Waals surface area contributed by atoms with E-state index in [1.165, 1.54) is 0 Å². The molecule has 0 saturated heterocycles. The molecule has 0 atom stereocenters. The summed E-state index contributed by atoms with van der Waals surface area (Å²) >= 11 is 3.26. The van der Waals surface area contributed by atoms with E-state index < -0.39 is 0 Å². The Morgan fingerprint density at radius 3 is 2.55 bits per heavy atom. The maximum Gasteiger partial charge on any atom is 0.121 e. The van der Waals surface area contributed by atoms with Crippen LogP contribution in [0.5, 0.6) is 5.75 Å². The lowest BCUT2D eigenvalue weighted by molar-refractivity contribution is 0.275. The molecule has 2 N–H and O–H groups in total. The van der Waals surface area contributed by atoms with Crippen molar-refractivity contribution in [2.24, 2.45) is 0 Å². The van der Waals surface area contributed by atoms with Crippen LogP contribution >= 0.6 is 15.9 Å². The van der Waals surface area contributed by atoms with Crippen LogP contribution in [-0.4, -0.2) is 10.2 Å². The van der Waals surface area contributed by atoms with E-state index in [4.69, 9.17) is 5.11 Å². The lowest BCUT2D eigenvalue weighted by atomic mass is 10.1. The quantitative estimate of drug-likeness (QED) is 0.741. The normalized spacial score (nSPS) is 10.0. The van der Waals surface area contributed by atoms with Gasteiger partial charge in [0.15, 0.2) is 0 Å². The Balaban J connectivity index is 2.99. The highest BCUT2D eigenvalue weighted by Gasteiger charge is 1.99. The third-order valence-corrected chi connectivity index (χ3v) is 2.12. The molecule has 0 amide bonds. The van der Waals surface area contributed by atoms with Gasteiger partial charge in [-0.15, -0.1) is 0 Å². The van der Waals surface area contributed by atoms with E-state index in [9.17, 15) is 5.11 Å². The first kappa shape index (κ1) is 8.56. The van der Waals surface area contributed by atoms with E-state index >= 15 is 0 Å². The van der Waals surface area contributed by atoms with Gasteiger partial charge in [0.25, 0.3) is 0 Å². The standard InChI is InChI=1S/C8H9BrO2/c9-4-6-1-2-7(5-10)8(11)3-6/h1-3,10-11H,4-5H2. The second-order valence-electron chi connectivity index (χ2n) is 2.25. The van der Waals surface area contributed by atoms with Gasteiger partial charge in [-0.05, 0) is 11.6 Å². The lowest BCUT2D eigenvalue weighted by Crippen LogP contribution is -1.85. The van der Waals surface area contributed by atoms with Crippen molar-refractivity contribution >= 4 is 15.9 Å². The lowest BCUT2D eigenvalue weighted by Gasteiger charge is -2.01. The molecule has 1 aromatic rings. The number of aromatic hydroxyl groups is 1. The Bertz CT molecular complexity index is 248. The van der Waals surface area contributed by atoms with Crippen LogP contribution in [0.2, 0.25) is 0 Å². The first-order valence-electron chi connectivity index (χ1n) is 3.25. The minimum absolute atomic E-state index is 0.117. The molecule has 0 saturated carbocycles. The Kier molecular flexibility index (Phi) is 2.91. The van der Waals surface area contributed by atoms with Gasteiger partial charge in [-0.3, -0.25) is 0 Å². The third kappa shape index (κ3) is 1.94. The molecule has 0 aliphatic carbocycles. The molecule has 0 fully saturated rings. The average molecular weight is 217 g/mol. The van der Waals surface area contributed by atoms with E-state index in [0.29, 0.717) is 10.9 Å². The van der Waals surface area contributed by atoms with Crippen LogP contribution in [0.4, 0.5) is 0 Å². The van der Waals surface area contributed by atoms with E-state index in [-0.39, 0.29) is 12.4 Å². The van der Waals surface area contributed by atoms with Gasteiger partial charge in [0.2, 0.25) is 0 Å². The monoisotopic (exact) mass is 216 g/mol. The summed E-state index contributed by atoms with van der Waals surface area (Å²) in [5.41, 5.74) is 1.56. The van der Waals surface area contributed by atoms with E-state index in [1.54, 1.807) is 12.1 Å². The molecular weight excluding hydrogens is 208 g/mol. The second-order valence-corrected chi connectivity index (χ2v) is 2.82. The molecule has 60 valence electrons. The van der Waals surface area contributed by atoms with Gasteiger partial charge in [-0.1, -0.05) is 28.1 Å². The van der Waals surface area contributed by atoms with Crippen LogP contribution < -0.4 is 0 Å². The summed E-state index contributed by atoms with van der Waals surface area (Å²) in [6, 6.07) is 5.21. The van der Waals surface area contributed by atoms with Crippen LogP contribution in [0.3, 0.4) is 0 Å². The number of hydrogen-bond donors (Lipinski definition) is 2. The summed E-state index contributed by atoms with van der Waals surface area (Å²) in [6.45, 7) is -0.117. The molecule has 1 aromatic carbocycles. The van der Waals surface area contributed by atoms with Gasteiger partial charge in [0.1, 0.15) is 5.75 Å². The minimum atomic E-state index is -0.117. The number of rotatable bonds is 2. The summed E-state index contributed by atoms with van der Waals surface area (Å²) in [5, 5.41) is 18.7. The van der Waals surface area contributed by atoms with Gasteiger partial charge in [-0.25, -0.2) is 0 Å². The van der Waals surface area contributed by atoms with Gasteiger partial charge in [0, 0.05) is 10.9 Å². The Morgan fingerprint density at radius 1 is 1.36 bits per heavy atom. The molecule has 0 bridgehead atoms. The number of aliphatic hydroxyl groups excluding tert-OH is 1. The predicted molar refractivity (Wildman–Crippen MR) is 46.7 cm³/mol. The first-order chi connectivity index (χ1) is 5.27. The SMILES string of the molecule is OCc1ccc(CBr)cc1O. The topological polar surface area (TPSA) is 40.5 Å². The summed E-state index contributed by atoms with van der Waals surface area (Å²) < 4.78 is 0. The smallest absolute Gasteiger partial charge is 0.121 e. The van der Waals surface area contributed by atoms with Gasteiger partial charge in [-0.2, -0.15) is 0 Å². The minimum Gasteiger partial charge on any atom is -0.508 e. The number of halogens is 1.